The second kappa shape index (κ2) is 7.88. The van der Waals surface area contributed by atoms with E-state index in [1.165, 1.54) is 5.56 Å². The van der Waals surface area contributed by atoms with Gasteiger partial charge in [0.2, 0.25) is 0 Å². The maximum atomic E-state index is 13.4. The predicted molar refractivity (Wildman–Crippen MR) is 120 cm³/mol. The number of rotatable bonds is 5. The second-order valence-corrected chi connectivity index (χ2v) is 8.46. The number of aromatic nitrogens is 2. The van der Waals surface area contributed by atoms with E-state index in [0.29, 0.717) is 36.0 Å². The molecule has 3 heterocycles. The minimum atomic E-state index is -0.161. The number of nitrogens with one attached hydrogen (secondary N) is 1. The summed E-state index contributed by atoms with van der Waals surface area (Å²) in [6.07, 6.45) is 2.88. The molecule has 0 bridgehead atoms. The lowest BCUT2D eigenvalue weighted by Gasteiger charge is -2.26. The molecule has 1 N–H and O–H groups in total. The molecule has 4 aromatic rings. The predicted octanol–water partition coefficient (Wildman–Crippen LogP) is 4.81. The van der Waals surface area contributed by atoms with Crippen molar-refractivity contribution in [3.05, 3.63) is 83.0 Å². The smallest absolute Gasteiger partial charge is 0.259 e. The van der Waals surface area contributed by atoms with Crippen LogP contribution in [0.15, 0.2) is 65.2 Å². The van der Waals surface area contributed by atoms with Gasteiger partial charge in [0.25, 0.3) is 11.6 Å². The van der Waals surface area contributed by atoms with E-state index in [9.17, 15) is 4.79 Å². The molecule has 32 heavy (non-hydrogen) atoms. The third-order valence-electron chi connectivity index (χ3n) is 6.29. The topological polar surface area (TPSA) is 77.2 Å². The van der Waals surface area contributed by atoms with Gasteiger partial charge in [-0.1, -0.05) is 59.8 Å². The second-order valence-electron chi connectivity index (χ2n) is 8.46. The van der Waals surface area contributed by atoms with E-state index in [-0.39, 0.29) is 12.0 Å². The molecule has 0 saturated heterocycles. The van der Waals surface area contributed by atoms with E-state index in [0.717, 1.165) is 41.5 Å². The Bertz CT molecular complexity index is 1290. The minimum Gasteiger partial charge on any atom is -0.371 e. The SMILES string of the molecule is O=C(NCC1OCCc2ccccc21)c1cc(-c2ccccc2)nc2onc(C3CC3)c12. The van der Waals surface area contributed by atoms with Crippen LogP contribution in [0.4, 0.5) is 0 Å². The molecule has 2 aromatic heterocycles. The van der Waals surface area contributed by atoms with Gasteiger partial charge in [-0.25, -0.2) is 4.98 Å². The van der Waals surface area contributed by atoms with E-state index in [2.05, 4.69) is 27.6 Å². The summed E-state index contributed by atoms with van der Waals surface area (Å²) in [4.78, 5) is 18.1. The molecule has 2 aliphatic rings. The first-order valence-electron chi connectivity index (χ1n) is 11.1. The van der Waals surface area contributed by atoms with Gasteiger partial charge >= 0.3 is 0 Å². The molecule has 6 nitrogen and oxygen atoms in total. The number of carbonyl (C=O) groups is 1. The Morgan fingerprint density at radius 2 is 1.88 bits per heavy atom. The van der Waals surface area contributed by atoms with Gasteiger partial charge in [-0.2, -0.15) is 0 Å². The third-order valence-corrected chi connectivity index (χ3v) is 6.29. The van der Waals surface area contributed by atoms with Crippen LogP contribution in [0, 0.1) is 0 Å². The number of fused-ring (bicyclic) bond motifs is 2. The first-order chi connectivity index (χ1) is 15.8. The van der Waals surface area contributed by atoms with Crippen LogP contribution in [0.2, 0.25) is 0 Å². The van der Waals surface area contributed by atoms with Crippen LogP contribution >= 0.6 is 0 Å². The average Bonchev–Trinajstić information content (AvgIpc) is 3.61. The van der Waals surface area contributed by atoms with E-state index >= 15 is 0 Å². The zero-order valence-corrected chi connectivity index (χ0v) is 17.6. The molecule has 0 spiro atoms. The molecular weight excluding hydrogens is 402 g/mol. The molecule has 1 unspecified atom stereocenters. The van der Waals surface area contributed by atoms with E-state index in [1.807, 2.05) is 48.5 Å². The Morgan fingerprint density at radius 1 is 1.06 bits per heavy atom. The van der Waals surface area contributed by atoms with Crippen molar-refractivity contribution in [3.63, 3.8) is 0 Å². The number of benzene rings is 2. The van der Waals surface area contributed by atoms with Crippen LogP contribution in [0.1, 0.15) is 52.0 Å². The van der Waals surface area contributed by atoms with E-state index in [4.69, 9.17) is 9.26 Å². The molecule has 1 aliphatic heterocycles. The summed E-state index contributed by atoms with van der Waals surface area (Å²) in [7, 11) is 0. The Morgan fingerprint density at radius 3 is 2.72 bits per heavy atom. The molecule has 2 aromatic carbocycles. The molecule has 1 fully saturated rings. The fourth-order valence-corrected chi connectivity index (χ4v) is 4.47. The normalized spacial score (nSPS) is 17.8. The Hall–Kier alpha value is -3.51. The zero-order valence-electron chi connectivity index (χ0n) is 17.6. The van der Waals surface area contributed by atoms with E-state index in [1.54, 1.807) is 0 Å². The van der Waals surface area contributed by atoms with Crippen molar-refractivity contribution in [1.29, 1.82) is 0 Å². The van der Waals surface area contributed by atoms with E-state index < -0.39 is 0 Å². The molecule has 6 rings (SSSR count). The standard InChI is InChI=1S/C26H23N3O3/c30-25(27-15-22-19-9-5-4-6-16(19)12-13-31-22)20-14-21(17-7-2-1-3-8-17)28-26-23(20)24(29-32-26)18-10-11-18/h1-9,14,18,22H,10-13,15H2,(H,27,30). The summed E-state index contributed by atoms with van der Waals surface area (Å²) in [5, 5.41) is 8.10. The lowest BCUT2D eigenvalue weighted by atomic mass is 9.97. The van der Waals surface area contributed by atoms with Gasteiger partial charge in [0, 0.05) is 18.0 Å². The van der Waals surface area contributed by atoms with Crippen molar-refractivity contribution >= 4 is 17.0 Å². The van der Waals surface area contributed by atoms with Crippen LogP contribution in [0.3, 0.4) is 0 Å². The number of hydrogen-bond donors (Lipinski definition) is 1. The maximum absolute atomic E-state index is 13.4. The van der Waals surface area contributed by atoms with Gasteiger partial charge < -0.3 is 14.6 Å². The first-order valence-corrected chi connectivity index (χ1v) is 11.1. The first kappa shape index (κ1) is 19.2. The average molecular weight is 425 g/mol. The van der Waals surface area contributed by atoms with Crippen LogP contribution in [-0.4, -0.2) is 29.2 Å². The number of ether oxygens (including phenoxy) is 1. The number of carbonyl (C=O) groups excluding carboxylic acids is 1. The number of pyridine rings is 1. The Labute approximate surface area is 185 Å². The molecule has 1 amide bonds. The maximum Gasteiger partial charge on any atom is 0.259 e. The number of amides is 1. The molecule has 1 saturated carbocycles. The Kier molecular flexibility index (Phi) is 4.72. The van der Waals surface area contributed by atoms with Crippen LogP contribution in [0.25, 0.3) is 22.4 Å². The van der Waals surface area contributed by atoms with Crippen molar-refractivity contribution in [3.8, 4) is 11.3 Å². The summed E-state index contributed by atoms with van der Waals surface area (Å²) >= 11 is 0. The highest BCUT2D eigenvalue weighted by Crippen LogP contribution is 2.43. The van der Waals surface area contributed by atoms with Gasteiger partial charge in [-0.15, -0.1) is 0 Å². The summed E-state index contributed by atoms with van der Waals surface area (Å²) in [6, 6.07) is 19.9. The Balaban J connectivity index is 1.34. The van der Waals surface area contributed by atoms with Gasteiger partial charge in [0.1, 0.15) is 6.10 Å². The lowest BCUT2D eigenvalue weighted by molar-refractivity contribution is 0.0412. The minimum absolute atomic E-state index is 0.153. The summed E-state index contributed by atoms with van der Waals surface area (Å²) in [6.45, 7) is 1.07. The molecule has 0 radical (unpaired) electrons. The van der Waals surface area contributed by atoms with Crippen molar-refractivity contribution in [2.24, 2.45) is 0 Å². The molecule has 6 heteroatoms. The molecule has 160 valence electrons. The molecular formula is C26H23N3O3. The fourth-order valence-electron chi connectivity index (χ4n) is 4.47. The quantitative estimate of drug-likeness (QED) is 0.496. The van der Waals surface area contributed by atoms with Crippen molar-refractivity contribution in [2.45, 2.75) is 31.3 Å². The highest BCUT2D eigenvalue weighted by atomic mass is 16.5. The third kappa shape index (κ3) is 3.46. The van der Waals surface area contributed by atoms with Crippen molar-refractivity contribution in [1.82, 2.24) is 15.5 Å². The summed E-state index contributed by atoms with van der Waals surface area (Å²) in [5.74, 6) is 0.187. The summed E-state index contributed by atoms with van der Waals surface area (Å²) < 4.78 is 11.5. The van der Waals surface area contributed by atoms with Crippen molar-refractivity contribution < 1.29 is 14.1 Å². The number of nitrogens with zero attached hydrogens (tertiary/aromatic N) is 2. The molecule has 1 atom stereocenters. The lowest BCUT2D eigenvalue weighted by Crippen LogP contribution is -2.32. The zero-order chi connectivity index (χ0) is 21.5. The highest BCUT2D eigenvalue weighted by molar-refractivity contribution is 6.07. The van der Waals surface area contributed by atoms with Gasteiger partial charge in [0.15, 0.2) is 0 Å². The van der Waals surface area contributed by atoms with Crippen LogP contribution in [-0.2, 0) is 11.2 Å². The highest BCUT2D eigenvalue weighted by Gasteiger charge is 2.32. The van der Waals surface area contributed by atoms with Gasteiger partial charge in [0.05, 0.1) is 28.9 Å². The van der Waals surface area contributed by atoms with Gasteiger partial charge in [-0.3, -0.25) is 4.79 Å². The van der Waals surface area contributed by atoms with Gasteiger partial charge in [-0.05, 0) is 36.5 Å². The van der Waals surface area contributed by atoms with Crippen molar-refractivity contribution in [2.75, 3.05) is 13.2 Å². The number of hydrogen-bond acceptors (Lipinski definition) is 5. The molecule has 1 aliphatic carbocycles. The van der Waals surface area contributed by atoms with Crippen LogP contribution < -0.4 is 5.32 Å². The largest absolute Gasteiger partial charge is 0.371 e. The fraction of sp³-hybridized carbons (Fsp3) is 0.269. The van der Waals surface area contributed by atoms with Crippen LogP contribution in [0.5, 0.6) is 0 Å². The monoisotopic (exact) mass is 425 g/mol. The summed E-state index contributed by atoms with van der Waals surface area (Å²) in [5.41, 5.74) is 5.87.